The number of rotatable bonds is 2. The number of aryl methyl sites for hydroxylation is 1. The summed E-state index contributed by atoms with van der Waals surface area (Å²) in [6.07, 6.45) is 1.46. The number of hydrogen-bond donors (Lipinski definition) is 0. The van der Waals surface area contributed by atoms with E-state index in [-0.39, 0.29) is 0 Å². The van der Waals surface area contributed by atoms with Crippen LogP contribution in [0.15, 0.2) is 53.3 Å². The molecule has 4 rings (SSSR count). The molecule has 2 aromatic heterocycles. The van der Waals surface area contributed by atoms with Gasteiger partial charge in [0.25, 0.3) is 5.78 Å². The Labute approximate surface area is 134 Å². The highest BCUT2D eigenvalue weighted by Crippen LogP contribution is 2.27. The second-order valence-corrected chi connectivity index (χ2v) is 5.88. The summed E-state index contributed by atoms with van der Waals surface area (Å²) in [7, 11) is 0. The van der Waals surface area contributed by atoms with Crippen molar-refractivity contribution >= 4 is 32.5 Å². The zero-order valence-corrected chi connectivity index (χ0v) is 13.3. The Morgan fingerprint density at radius 2 is 1.86 bits per heavy atom. The second-order valence-electron chi connectivity index (χ2n) is 4.96. The second kappa shape index (κ2) is 5.06. The van der Waals surface area contributed by atoms with Crippen LogP contribution >= 0.6 is 15.9 Å². The average molecular weight is 355 g/mol. The first kappa shape index (κ1) is 13.2. The molecule has 0 atom stereocenters. The predicted molar refractivity (Wildman–Crippen MR) is 87.2 cm³/mol. The molecule has 2 aromatic carbocycles. The van der Waals surface area contributed by atoms with E-state index in [1.54, 1.807) is 4.52 Å². The van der Waals surface area contributed by atoms with Gasteiger partial charge in [0.05, 0.1) is 0 Å². The first-order valence-electron chi connectivity index (χ1n) is 6.74. The van der Waals surface area contributed by atoms with Gasteiger partial charge in [-0.3, -0.25) is 0 Å². The van der Waals surface area contributed by atoms with E-state index >= 15 is 0 Å². The van der Waals surface area contributed by atoms with E-state index in [9.17, 15) is 0 Å². The molecule has 0 N–H and O–H groups in total. The number of hydrogen-bond acceptors (Lipinski definition) is 4. The summed E-state index contributed by atoms with van der Waals surface area (Å²) >= 11 is 3.48. The van der Waals surface area contributed by atoms with Crippen LogP contribution in [-0.4, -0.2) is 19.6 Å². The third kappa shape index (κ3) is 2.31. The van der Waals surface area contributed by atoms with Crippen LogP contribution in [0.1, 0.15) is 5.69 Å². The number of benzene rings is 2. The summed E-state index contributed by atoms with van der Waals surface area (Å²) in [6.45, 7) is 1.90. The lowest BCUT2D eigenvalue weighted by atomic mass is 10.1. The monoisotopic (exact) mass is 354 g/mol. The topological polar surface area (TPSA) is 52.3 Å². The molecule has 22 heavy (non-hydrogen) atoms. The van der Waals surface area contributed by atoms with Crippen LogP contribution in [0.3, 0.4) is 0 Å². The molecule has 0 aliphatic carbocycles. The molecule has 0 bridgehead atoms. The molecule has 6 heteroatoms. The smallest absolute Gasteiger partial charge is 0.255 e. The van der Waals surface area contributed by atoms with Crippen molar-refractivity contribution in [2.24, 2.45) is 0 Å². The Bertz CT molecular complexity index is 996. The standard InChI is InChI=1S/C16H11BrN4O/c1-10-6-15(21-16(20-10)18-9-19-21)22-14-5-3-11-7-13(17)4-2-12(11)8-14/h2-9H,1H3. The minimum atomic E-state index is 0.528. The van der Waals surface area contributed by atoms with Crippen molar-refractivity contribution < 1.29 is 4.74 Å². The van der Waals surface area contributed by atoms with E-state index in [1.165, 1.54) is 6.33 Å². The van der Waals surface area contributed by atoms with Crippen LogP contribution in [0, 0.1) is 6.92 Å². The van der Waals surface area contributed by atoms with Gasteiger partial charge >= 0.3 is 0 Å². The maximum Gasteiger partial charge on any atom is 0.255 e. The van der Waals surface area contributed by atoms with Crippen molar-refractivity contribution in [2.75, 3.05) is 0 Å². The van der Waals surface area contributed by atoms with Crippen LogP contribution in [0.2, 0.25) is 0 Å². The van der Waals surface area contributed by atoms with Crippen LogP contribution in [0.5, 0.6) is 11.6 Å². The lowest BCUT2D eigenvalue weighted by Gasteiger charge is -2.08. The maximum atomic E-state index is 5.98. The van der Waals surface area contributed by atoms with Gasteiger partial charge in [0, 0.05) is 16.2 Å². The van der Waals surface area contributed by atoms with Crippen molar-refractivity contribution in [2.45, 2.75) is 6.92 Å². The van der Waals surface area contributed by atoms with Crippen molar-refractivity contribution in [1.29, 1.82) is 0 Å². The molecule has 0 fully saturated rings. The van der Waals surface area contributed by atoms with E-state index in [0.717, 1.165) is 26.7 Å². The maximum absolute atomic E-state index is 5.98. The predicted octanol–water partition coefficient (Wildman–Crippen LogP) is 4.14. The van der Waals surface area contributed by atoms with Gasteiger partial charge in [0.1, 0.15) is 12.1 Å². The summed E-state index contributed by atoms with van der Waals surface area (Å²) in [5.74, 6) is 1.87. The fourth-order valence-electron chi connectivity index (χ4n) is 2.35. The lowest BCUT2D eigenvalue weighted by Crippen LogP contribution is -1.99. The molecule has 0 saturated heterocycles. The zero-order valence-electron chi connectivity index (χ0n) is 11.7. The number of aromatic nitrogens is 4. The van der Waals surface area contributed by atoms with Gasteiger partial charge in [-0.25, -0.2) is 4.98 Å². The quantitative estimate of drug-likeness (QED) is 0.542. The first-order chi connectivity index (χ1) is 10.7. The Morgan fingerprint density at radius 3 is 2.77 bits per heavy atom. The minimum absolute atomic E-state index is 0.528. The summed E-state index contributed by atoms with van der Waals surface area (Å²) in [4.78, 5) is 8.40. The average Bonchev–Trinajstić information content (AvgIpc) is 2.95. The molecular formula is C16H11BrN4O. The van der Waals surface area contributed by atoms with E-state index in [0.29, 0.717) is 11.7 Å². The Hall–Kier alpha value is -2.47. The van der Waals surface area contributed by atoms with Gasteiger partial charge in [-0.05, 0) is 42.0 Å². The van der Waals surface area contributed by atoms with Gasteiger partial charge in [-0.1, -0.05) is 28.1 Å². The Morgan fingerprint density at radius 1 is 1.05 bits per heavy atom. The van der Waals surface area contributed by atoms with E-state index in [1.807, 2.05) is 37.3 Å². The number of nitrogens with zero attached hydrogens (tertiary/aromatic N) is 4. The number of halogens is 1. The number of ether oxygens (including phenoxy) is 1. The molecule has 0 aliphatic rings. The summed E-state index contributed by atoms with van der Waals surface area (Å²) in [6, 6.07) is 13.9. The molecule has 4 aromatic rings. The van der Waals surface area contributed by atoms with E-state index in [4.69, 9.17) is 4.74 Å². The Balaban J connectivity index is 1.78. The third-order valence-corrected chi connectivity index (χ3v) is 3.84. The lowest BCUT2D eigenvalue weighted by molar-refractivity contribution is 0.446. The molecule has 2 heterocycles. The SMILES string of the molecule is Cc1cc(Oc2ccc3cc(Br)ccc3c2)n2ncnc2n1. The number of fused-ring (bicyclic) bond motifs is 2. The fourth-order valence-corrected chi connectivity index (χ4v) is 2.73. The highest BCUT2D eigenvalue weighted by molar-refractivity contribution is 9.10. The summed E-state index contributed by atoms with van der Waals surface area (Å²) in [5, 5.41) is 6.41. The fraction of sp³-hybridized carbons (Fsp3) is 0.0625. The normalized spacial score (nSPS) is 11.2. The first-order valence-corrected chi connectivity index (χ1v) is 7.53. The van der Waals surface area contributed by atoms with Gasteiger partial charge in [0.2, 0.25) is 5.88 Å². The zero-order chi connectivity index (χ0) is 15.1. The van der Waals surface area contributed by atoms with Crippen molar-refractivity contribution in [1.82, 2.24) is 19.6 Å². The van der Waals surface area contributed by atoms with Crippen molar-refractivity contribution in [3.63, 3.8) is 0 Å². The molecule has 0 spiro atoms. The molecule has 0 aliphatic heterocycles. The van der Waals surface area contributed by atoms with Gasteiger partial charge < -0.3 is 4.74 Å². The molecule has 0 unspecified atom stereocenters. The molecule has 0 amide bonds. The molecule has 0 radical (unpaired) electrons. The summed E-state index contributed by atoms with van der Waals surface area (Å²) in [5.41, 5.74) is 0.834. The van der Waals surface area contributed by atoms with E-state index in [2.05, 4.69) is 43.1 Å². The van der Waals surface area contributed by atoms with Crippen LogP contribution in [0.4, 0.5) is 0 Å². The van der Waals surface area contributed by atoms with Crippen molar-refractivity contribution in [3.8, 4) is 11.6 Å². The molecule has 0 saturated carbocycles. The van der Waals surface area contributed by atoms with Gasteiger partial charge in [-0.2, -0.15) is 14.6 Å². The van der Waals surface area contributed by atoms with Gasteiger partial charge in [-0.15, -0.1) is 0 Å². The van der Waals surface area contributed by atoms with Crippen molar-refractivity contribution in [3.05, 3.63) is 59.0 Å². The minimum Gasteiger partial charge on any atom is -0.439 e. The van der Waals surface area contributed by atoms with Crippen LogP contribution < -0.4 is 4.74 Å². The third-order valence-electron chi connectivity index (χ3n) is 3.34. The van der Waals surface area contributed by atoms with Crippen LogP contribution in [-0.2, 0) is 0 Å². The molecule has 108 valence electrons. The Kier molecular flexibility index (Phi) is 3.04. The van der Waals surface area contributed by atoms with Gasteiger partial charge in [0.15, 0.2) is 0 Å². The molecule has 5 nitrogen and oxygen atoms in total. The summed E-state index contributed by atoms with van der Waals surface area (Å²) < 4.78 is 8.62. The highest BCUT2D eigenvalue weighted by Gasteiger charge is 2.08. The van der Waals surface area contributed by atoms with Crippen LogP contribution in [0.25, 0.3) is 16.6 Å². The molecular weight excluding hydrogens is 344 g/mol. The largest absolute Gasteiger partial charge is 0.439 e. The van der Waals surface area contributed by atoms with E-state index < -0.39 is 0 Å². The highest BCUT2D eigenvalue weighted by atomic mass is 79.9.